The predicted octanol–water partition coefficient (Wildman–Crippen LogP) is 3.73. The van der Waals surface area contributed by atoms with E-state index in [1.54, 1.807) is 48.5 Å². The highest BCUT2D eigenvalue weighted by atomic mass is 35.5. The molecule has 0 fully saturated rings. The summed E-state index contributed by atoms with van der Waals surface area (Å²) in [5.41, 5.74) is 0.941. The Bertz CT molecular complexity index is 1090. The Hall–Kier alpha value is -3.15. The van der Waals surface area contributed by atoms with Gasteiger partial charge in [-0.2, -0.15) is 0 Å². The minimum absolute atomic E-state index is 0.0982. The molecule has 32 heavy (non-hydrogen) atoms. The average molecular weight is 493 g/mol. The summed E-state index contributed by atoms with van der Waals surface area (Å²) in [7, 11) is 1.30. The molecular weight excluding hydrogens is 476 g/mol. The standard InChI is InChI=1S/C20H17ClN4O5S2/c1-29-18(28)12-2-6-14(7-3-12)22-17(27)11-31-20-25-24-19(32-20)23-16(26)10-30-15-8-4-13(21)5-9-15/h2-9H,10-11H2,1H3,(H,22,27)(H,23,24,26). The number of hydrogen-bond donors (Lipinski definition) is 2. The predicted molar refractivity (Wildman–Crippen MR) is 123 cm³/mol. The van der Waals surface area contributed by atoms with Crippen LogP contribution < -0.4 is 15.4 Å². The van der Waals surface area contributed by atoms with Crippen molar-refractivity contribution in [3.05, 3.63) is 59.1 Å². The molecule has 1 heterocycles. The van der Waals surface area contributed by atoms with Crippen molar-refractivity contribution in [2.24, 2.45) is 0 Å². The Kier molecular flexibility index (Phi) is 8.42. The molecule has 2 amide bonds. The number of halogens is 1. The fraction of sp³-hybridized carbons (Fsp3) is 0.150. The number of aromatic nitrogens is 2. The van der Waals surface area contributed by atoms with Gasteiger partial charge in [-0.25, -0.2) is 4.79 Å². The topological polar surface area (TPSA) is 120 Å². The number of methoxy groups -OCH3 is 1. The second-order valence-corrected chi connectivity index (χ2v) is 8.71. The van der Waals surface area contributed by atoms with Crippen LogP contribution in [0.15, 0.2) is 52.9 Å². The third-order valence-electron chi connectivity index (χ3n) is 3.75. The maximum Gasteiger partial charge on any atom is 0.337 e. The Labute approximate surface area is 196 Å². The van der Waals surface area contributed by atoms with E-state index in [4.69, 9.17) is 16.3 Å². The first-order chi connectivity index (χ1) is 15.4. The smallest absolute Gasteiger partial charge is 0.337 e. The molecule has 0 aliphatic heterocycles. The van der Waals surface area contributed by atoms with Crippen LogP contribution in [0.25, 0.3) is 0 Å². The summed E-state index contributed by atoms with van der Waals surface area (Å²) in [5, 5.41) is 14.0. The summed E-state index contributed by atoms with van der Waals surface area (Å²) >= 11 is 8.13. The van der Waals surface area contributed by atoms with Gasteiger partial charge in [0.1, 0.15) is 5.75 Å². The molecular formula is C20H17ClN4O5S2. The summed E-state index contributed by atoms with van der Waals surface area (Å²) in [4.78, 5) is 35.5. The van der Waals surface area contributed by atoms with Gasteiger partial charge in [-0.15, -0.1) is 10.2 Å². The number of benzene rings is 2. The molecule has 3 aromatic rings. The fourth-order valence-electron chi connectivity index (χ4n) is 2.29. The van der Waals surface area contributed by atoms with E-state index in [0.29, 0.717) is 31.5 Å². The summed E-state index contributed by atoms with van der Waals surface area (Å²) in [6.07, 6.45) is 0. The third kappa shape index (κ3) is 7.22. The van der Waals surface area contributed by atoms with E-state index in [2.05, 4.69) is 25.6 Å². The minimum Gasteiger partial charge on any atom is -0.484 e. The van der Waals surface area contributed by atoms with E-state index in [-0.39, 0.29) is 24.2 Å². The first kappa shape index (κ1) is 23.5. The van der Waals surface area contributed by atoms with Crippen LogP contribution in [0, 0.1) is 0 Å². The number of hydrogen-bond acceptors (Lipinski definition) is 9. The zero-order chi connectivity index (χ0) is 22.9. The number of nitrogens with zero attached hydrogens (tertiary/aromatic N) is 2. The monoisotopic (exact) mass is 492 g/mol. The van der Waals surface area contributed by atoms with Crippen molar-refractivity contribution < 1.29 is 23.9 Å². The molecule has 2 N–H and O–H groups in total. The Balaban J connectivity index is 1.41. The summed E-state index contributed by atoms with van der Waals surface area (Å²) in [6, 6.07) is 13.0. The molecule has 1 aromatic heterocycles. The molecule has 0 bridgehead atoms. The minimum atomic E-state index is -0.450. The van der Waals surface area contributed by atoms with Gasteiger partial charge < -0.3 is 14.8 Å². The molecule has 3 rings (SSSR count). The largest absolute Gasteiger partial charge is 0.484 e. The van der Waals surface area contributed by atoms with E-state index >= 15 is 0 Å². The molecule has 0 aliphatic carbocycles. The van der Waals surface area contributed by atoms with Crippen molar-refractivity contribution in [1.29, 1.82) is 0 Å². The Morgan fingerprint density at radius 3 is 2.41 bits per heavy atom. The van der Waals surface area contributed by atoms with Gasteiger partial charge in [0.05, 0.1) is 18.4 Å². The van der Waals surface area contributed by atoms with Gasteiger partial charge in [-0.05, 0) is 48.5 Å². The number of carbonyl (C=O) groups is 3. The van der Waals surface area contributed by atoms with Crippen molar-refractivity contribution >= 4 is 63.3 Å². The lowest BCUT2D eigenvalue weighted by Gasteiger charge is -2.05. The number of esters is 1. The van der Waals surface area contributed by atoms with E-state index < -0.39 is 5.97 Å². The lowest BCUT2D eigenvalue weighted by atomic mass is 10.2. The number of carbonyl (C=O) groups excluding carboxylic acids is 3. The van der Waals surface area contributed by atoms with Gasteiger partial charge in [-0.3, -0.25) is 14.9 Å². The van der Waals surface area contributed by atoms with Gasteiger partial charge >= 0.3 is 5.97 Å². The SMILES string of the molecule is COC(=O)c1ccc(NC(=O)CSc2nnc(NC(=O)COc3ccc(Cl)cc3)s2)cc1. The molecule has 12 heteroatoms. The number of nitrogens with one attached hydrogen (secondary N) is 2. The lowest BCUT2D eigenvalue weighted by Crippen LogP contribution is -2.20. The first-order valence-electron chi connectivity index (χ1n) is 9.05. The van der Waals surface area contributed by atoms with Gasteiger partial charge in [-0.1, -0.05) is 34.7 Å². The van der Waals surface area contributed by atoms with Crippen LogP contribution in [0.5, 0.6) is 5.75 Å². The maximum atomic E-state index is 12.1. The van der Waals surface area contributed by atoms with Crippen LogP contribution in [-0.2, 0) is 14.3 Å². The van der Waals surface area contributed by atoms with Crippen LogP contribution >= 0.6 is 34.7 Å². The van der Waals surface area contributed by atoms with Crippen molar-refractivity contribution in [2.45, 2.75) is 4.34 Å². The van der Waals surface area contributed by atoms with Crippen molar-refractivity contribution in [3.63, 3.8) is 0 Å². The van der Waals surface area contributed by atoms with Crippen LogP contribution in [0.1, 0.15) is 10.4 Å². The molecule has 2 aromatic carbocycles. The summed E-state index contributed by atoms with van der Waals surface area (Å²) < 4.78 is 10.5. The highest BCUT2D eigenvalue weighted by Crippen LogP contribution is 2.25. The van der Waals surface area contributed by atoms with Crippen LogP contribution in [0.3, 0.4) is 0 Å². The van der Waals surface area contributed by atoms with Crippen molar-refractivity contribution in [3.8, 4) is 5.75 Å². The zero-order valence-electron chi connectivity index (χ0n) is 16.7. The molecule has 0 unspecified atom stereocenters. The molecule has 0 aliphatic rings. The number of ether oxygens (including phenoxy) is 2. The molecule has 0 saturated carbocycles. The lowest BCUT2D eigenvalue weighted by molar-refractivity contribution is -0.118. The number of thioether (sulfide) groups is 1. The quantitative estimate of drug-likeness (QED) is 0.263. The van der Waals surface area contributed by atoms with Crippen LogP contribution in [-0.4, -0.2) is 47.5 Å². The average Bonchev–Trinajstić information content (AvgIpc) is 3.24. The highest BCUT2D eigenvalue weighted by Gasteiger charge is 2.12. The van der Waals surface area contributed by atoms with E-state index in [0.717, 1.165) is 11.3 Å². The molecule has 166 valence electrons. The van der Waals surface area contributed by atoms with Crippen LogP contribution in [0.2, 0.25) is 5.02 Å². The third-order valence-corrected chi connectivity index (χ3v) is 5.98. The highest BCUT2D eigenvalue weighted by molar-refractivity contribution is 8.01. The number of amides is 2. The fourth-order valence-corrected chi connectivity index (χ4v) is 3.98. The van der Waals surface area contributed by atoms with Crippen molar-refractivity contribution in [2.75, 3.05) is 30.1 Å². The van der Waals surface area contributed by atoms with Gasteiger partial charge in [0, 0.05) is 10.7 Å². The number of anilines is 2. The second kappa shape index (κ2) is 11.5. The zero-order valence-corrected chi connectivity index (χ0v) is 19.1. The molecule has 0 spiro atoms. The molecule has 0 saturated heterocycles. The Morgan fingerprint density at radius 2 is 1.72 bits per heavy atom. The van der Waals surface area contributed by atoms with E-state index in [1.807, 2.05) is 0 Å². The second-order valence-electron chi connectivity index (χ2n) is 6.07. The van der Waals surface area contributed by atoms with E-state index in [9.17, 15) is 14.4 Å². The molecule has 0 atom stereocenters. The van der Waals surface area contributed by atoms with Gasteiger partial charge in [0.15, 0.2) is 10.9 Å². The number of rotatable bonds is 9. The molecule has 9 nitrogen and oxygen atoms in total. The maximum absolute atomic E-state index is 12.1. The normalized spacial score (nSPS) is 10.3. The molecule has 0 radical (unpaired) electrons. The first-order valence-corrected chi connectivity index (χ1v) is 11.2. The summed E-state index contributed by atoms with van der Waals surface area (Å²) in [5.74, 6) is -0.474. The van der Waals surface area contributed by atoms with Crippen LogP contribution in [0.4, 0.5) is 10.8 Å². The van der Waals surface area contributed by atoms with E-state index in [1.165, 1.54) is 18.9 Å². The Morgan fingerprint density at radius 1 is 1.00 bits per heavy atom. The van der Waals surface area contributed by atoms with Gasteiger partial charge in [0.2, 0.25) is 11.0 Å². The van der Waals surface area contributed by atoms with Crippen molar-refractivity contribution in [1.82, 2.24) is 10.2 Å². The van der Waals surface area contributed by atoms with Gasteiger partial charge in [0.25, 0.3) is 5.91 Å². The summed E-state index contributed by atoms with van der Waals surface area (Å²) in [6.45, 7) is -0.194.